The molecule has 0 spiro atoms. The molecule has 116 valence electrons. The maximum absolute atomic E-state index is 12.5. The van der Waals surface area contributed by atoms with E-state index in [9.17, 15) is 14.4 Å². The Bertz CT molecular complexity index is 656. The molecule has 0 radical (unpaired) electrons. The minimum absolute atomic E-state index is 0.126. The van der Waals surface area contributed by atoms with E-state index in [-0.39, 0.29) is 17.7 Å². The molecule has 6 nitrogen and oxygen atoms in total. The highest BCUT2D eigenvalue weighted by Gasteiger charge is 2.41. The first kappa shape index (κ1) is 14.6. The minimum atomic E-state index is -0.537. The Hall–Kier alpha value is -2.37. The van der Waals surface area contributed by atoms with Crippen LogP contribution in [0.1, 0.15) is 35.7 Å². The van der Waals surface area contributed by atoms with Crippen molar-refractivity contribution < 1.29 is 14.4 Å². The van der Waals surface area contributed by atoms with Crippen LogP contribution in [0, 0.1) is 0 Å². The van der Waals surface area contributed by atoms with Crippen LogP contribution in [-0.4, -0.2) is 47.2 Å². The van der Waals surface area contributed by atoms with Gasteiger partial charge in [-0.3, -0.25) is 19.3 Å². The van der Waals surface area contributed by atoms with Gasteiger partial charge in [0.15, 0.2) is 0 Å². The van der Waals surface area contributed by atoms with E-state index in [1.165, 1.54) is 7.05 Å². The monoisotopic (exact) mass is 301 g/mol. The number of benzene rings is 1. The second-order valence-electron chi connectivity index (χ2n) is 5.68. The van der Waals surface area contributed by atoms with Gasteiger partial charge >= 0.3 is 0 Å². The highest BCUT2D eigenvalue weighted by Crippen LogP contribution is 2.30. The molecule has 0 bridgehead atoms. The third-order valence-electron chi connectivity index (χ3n) is 4.32. The zero-order valence-corrected chi connectivity index (χ0v) is 12.8. The van der Waals surface area contributed by atoms with Gasteiger partial charge in [-0.2, -0.15) is 0 Å². The van der Waals surface area contributed by atoms with Crippen LogP contribution in [0.3, 0.4) is 0 Å². The topological polar surface area (TPSA) is 69.7 Å². The lowest BCUT2D eigenvalue weighted by atomic mass is 10.0. The van der Waals surface area contributed by atoms with Gasteiger partial charge in [0.05, 0.1) is 0 Å². The van der Waals surface area contributed by atoms with E-state index in [1.807, 2.05) is 19.1 Å². The molecule has 1 unspecified atom stereocenters. The number of hydrogen-bond donors (Lipinski definition) is 1. The van der Waals surface area contributed by atoms with Crippen molar-refractivity contribution in [3.63, 3.8) is 0 Å². The third kappa shape index (κ3) is 2.24. The summed E-state index contributed by atoms with van der Waals surface area (Å²) in [4.78, 5) is 39.1. The van der Waals surface area contributed by atoms with Crippen LogP contribution in [0.2, 0.25) is 0 Å². The van der Waals surface area contributed by atoms with Gasteiger partial charge in [-0.05, 0) is 37.1 Å². The SMILES string of the molecule is CCNc1ccc2c(c1)CN(C1CCC(=O)N(C)C1=O)C2=O. The number of nitrogens with zero attached hydrogens (tertiary/aromatic N) is 2. The summed E-state index contributed by atoms with van der Waals surface area (Å²) in [6.45, 7) is 3.24. The zero-order valence-electron chi connectivity index (χ0n) is 12.8. The van der Waals surface area contributed by atoms with Crippen LogP contribution in [0.5, 0.6) is 0 Å². The van der Waals surface area contributed by atoms with E-state index in [1.54, 1.807) is 11.0 Å². The molecule has 2 aliphatic rings. The molecule has 0 aromatic heterocycles. The summed E-state index contributed by atoms with van der Waals surface area (Å²) in [7, 11) is 1.48. The van der Waals surface area contributed by atoms with Gasteiger partial charge < -0.3 is 10.2 Å². The van der Waals surface area contributed by atoms with Crippen molar-refractivity contribution in [2.75, 3.05) is 18.9 Å². The van der Waals surface area contributed by atoms with E-state index in [4.69, 9.17) is 0 Å². The highest BCUT2D eigenvalue weighted by molar-refractivity contribution is 6.05. The van der Waals surface area contributed by atoms with E-state index >= 15 is 0 Å². The Labute approximate surface area is 129 Å². The number of anilines is 1. The number of hydrogen-bond acceptors (Lipinski definition) is 4. The molecule has 3 amide bonds. The molecule has 6 heteroatoms. The molecule has 1 aromatic rings. The highest BCUT2D eigenvalue weighted by atomic mass is 16.2. The molecular weight excluding hydrogens is 282 g/mol. The summed E-state index contributed by atoms with van der Waals surface area (Å²) >= 11 is 0. The van der Waals surface area contributed by atoms with Gasteiger partial charge in [-0.25, -0.2) is 0 Å². The molecule has 1 atom stereocenters. The fraction of sp³-hybridized carbons (Fsp3) is 0.438. The van der Waals surface area contributed by atoms with E-state index in [2.05, 4.69) is 5.32 Å². The molecule has 1 fully saturated rings. The molecule has 1 N–H and O–H groups in total. The smallest absolute Gasteiger partial charge is 0.255 e. The van der Waals surface area contributed by atoms with Crippen LogP contribution in [-0.2, 0) is 16.1 Å². The molecular formula is C16H19N3O3. The van der Waals surface area contributed by atoms with Crippen LogP contribution >= 0.6 is 0 Å². The summed E-state index contributed by atoms with van der Waals surface area (Å²) in [6.07, 6.45) is 0.706. The lowest BCUT2D eigenvalue weighted by Crippen LogP contribution is -2.53. The lowest BCUT2D eigenvalue weighted by Gasteiger charge is -2.33. The fourth-order valence-electron chi connectivity index (χ4n) is 3.10. The second-order valence-corrected chi connectivity index (χ2v) is 5.68. The molecule has 0 saturated carbocycles. The Balaban J connectivity index is 1.84. The third-order valence-corrected chi connectivity index (χ3v) is 4.32. The summed E-state index contributed by atoms with van der Waals surface area (Å²) in [5, 5.41) is 3.22. The van der Waals surface area contributed by atoms with Crippen molar-refractivity contribution in [1.29, 1.82) is 0 Å². The Morgan fingerprint density at radius 2 is 2.05 bits per heavy atom. The first-order valence-corrected chi connectivity index (χ1v) is 7.51. The first-order chi connectivity index (χ1) is 10.5. The summed E-state index contributed by atoms with van der Waals surface area (Å²) in [5.74, 6) is -0.594. The average molecular weight is 301 g/mol. The molecule has 1 aromatic carbocycles. The average Bonchev–Trinajstić information content (AvgIpc) is 2.82. The van der Waals surface area contributed by atoms with Gasteiger partial charge in [-0.1, -0.05) is 0 Å². The summed E-state index contributed by atoms with van der Waals surface area (Å²) in [5.41, 5.74) is 2.54. The normalized spacial score (nSPS) is 21.4. The molecule has 1 saturated heterocycles. The predicted octanol–water partition coefficient (Wildman–Crippen LogP) is 1.22. The number of rotatable bonds is 3. The molecule has 2 aliphatic heterocycles. The van der Waals surface area contributed by atoms with E-state index in [0.717, 1.165) is 22.7 Å². The van der Waals surface area contributed by atoms with Crippen LogP contribution in [0.15, 0.2) is 18.2 Å². The zero-order chi connectivity index (χ0) is 15.9. The summed E-state index contributed by atoms with van der Waals surface area (Å²) < 4.78 is 0. The van der Waals surface area contributed by atoms with Crippen molar-refractivity contribution in [2.45, 2.75) is 32.4 Å². The van der Waals surface area contributed by atoms with Crippen molar-refractivity contribution in [2.24, 2.45) is 0 Å². The van der Waals surface area contributed by atoms with Gasteiger partial charge in [-0.15, -0.1) is 0 Å². The number of likely N-dealkylation sites (tertiary alicyclic amines) is 1. The molecule has 2 heterocycles. The molecule has 22 heavy (non-hydrogen) atoms. The number of nitrogens with one attached hydrogen (secondary N) is 1. The maximum atomic E-state index is 12.5. The van der Waals surface area contributed by atoms with Gasteiger partial charge in [0.1, 0.15) is 6.04 Å². The van der Waals surface area contributed by atoms with Gasteiger partial charge in [0.2, 0.25) is 5.91 Å². The van der Waals surface area contributed by atoms with Crippen LogP contribution in [0.4, 0.5) is 5.69 Å². The molecule has 3 rings (SSSR count). The largest absolute Gasteiger partial charge is 0.385 e. The first-order valence-electron chi connectivity index (χ1n) is 7.51. The Morgan fingerprint density at radius 3 is 2.77 bits per heavy atom. The Morgan fingerprint density at radius 1 is 1.27 bits per heavy atom. The predicted molar refractivity (Wildman–Crippen MR) is 81.3 cm³/mol. The minimum Gasteiger partial charge on any atom is -0.385 e. The Kier molecular flexibility index (Phi) is 3.60. The molecule has 0 aliphatic carbocycles. The quantitative estimate of drug-likeness (QED) is 0.852. The second kappa shape index (κ2) is 5.44. The van der Waals surface area contributed by atoms with Gasteiger partial charge in [0.25, 0.3) is 11.8 Å². The number of amides is 3. The van der Waals surface area contributed by atoms with E-state index in [0.29, 0.717) is 24.9 Å². The summed E-state index contributed by atoms with van der Waals surface area (Å²) in [6, 6.07) is 5.10. The standard InChI is InChI=1S/C16H19N3O3/c1-3-17-11-4-5-12-10(8-11)9-19(15(12)21)13-6-7-14(20)18(2)16(13)22/h4-5,8,13,17H,3,6-7,9H2,1-2H3. The lowest BCUT2D eigenvalue weighted by molar-refractivity contribution is -0.150. The maximum Gasteiger partial charge on any atom is 0.255 e. The van der Waals surface area contributed by atoms with E-state index < -0.39 is 6.04 Å². The number of imide groups is 1. The van der Waals surface area contributed by atoms with Crippen molar-refractivity contribution >= 4 is 23.4 Å². The van der Waals surface area contributed by atoms with Crippen molar-refractivity contribution in [3.05, 3.63) is 29.3 Å². The fourth-order valence-corrected chi connectivity index (χ4v) is 3.10. The number of fused-ring (bicyclic) bond motifs is 1. The van der Waals surface area contributed by atoms with Gasteiger partial charge in [0, 0.05) is 37.8 Å². The number of carbonyl (C=O) groups excluding carboxylic acids is 3. The van der Waals surface area contributed by atoms with Crippen molar-refractivity contribution in [1.82, 2.24) is 9.80 Å². The van der Waals surface area contributed by atoms with Crippen molar-refractivity contribution in [3.8, 4) is 0 Å². The van der Waals surface area contributed by atoms with Crippen LogP contribution < -0.4 is 5.32 Å². The number of carbonyl (C=O) groups is 3. The number of likely N-dealkylation sites (N-methyl/N-ethyl adjacent to an activating group) is 1. The van der Waals surface area contributed by atoms with Crippen LogP contribution in [0.25, 0.3) is 0 Å². The number of piperidine rings is 1.